The fourth-order valence-corrected chi connectivity index (χ4v) is 1.42. The molecule has 0 aliphatic rings. The summed E-state index contributed by atoms with van der Waals surface area (Å²) in [6.07, 6.45) is 0. The van der Waals surface area contributed by atoms with Gasteiger partial charge in [-0.3, -0.25) is 0 Å². The summed E-state index contributed by atoms with van der Waals surface area (Å²) in [6.45, 7) is 0. The highest BCUT2D eigenvalue weighted by atomic mass is 35.5. The quantitative estimate of drug-likeness (QED) is 0.574. The van der Waals surface area contributed by atoms with Crippen LogP contribution in [0.2, 0.25) is 15.6 Å². The molecule has 0 spiro atoms. The Balaban J connectivity index is 3.25. The topological polar surface area (TPSA) is 37.8 Å². The van der Waals surface area contributed by atoms with Crippen LogP contribution in [0.4, 0.5) is 5.69 Å². The molecule has 0 saturated heterocycles. The van der Waals surface area contributed by atoms with E-state index in [0.29, 0.717) is 5.69 Å². The van der Waals surface area contributed by atoms with Crippen LogP contribution in [0.15, 0.2) is 0 Å². The number of hydrogen-bond donors (Lipinski definition) is 1. The smallest absolute Gasteiger partial charge is 0.225 e. The first-order chi connectivity index (χ1) is 5.15. The zero-order valence-electron chi connectivity index (χ0n) is 5.53. The number of aromatic nitrogens is 2. The van der Waals surface area contributed by atoms with Crippen molar-refractivity contribution in [3.05, 3.63) is 15.6 Å². The average Bonchev–Trinajstić information content (AvgIpc) is 1.85. The van der Waals surface area contributed by atoms with Gasteiger partial charge in [0.15, 0.2) is 10.3 Å². The Kier molecular flexibility index (Phi) is 2.76. The number of anilines is 1. The highest BCUT2D eigenvalue weighted by Crippen LogP contribution is 2.27. The van der Waals surface area contributed by atoms with Gasteiger partial charge < -0.3 is 5.32 Å². The number of nitrogens with zero attached hydrogens (tertiary/aromatic N) is 2. The van der Waals surface area contributed by atoms with Crippen molar-refractivity contribution in [1.29, 1.82) is 0 Å². The Labute approximate surface area is 78.7 Å². The van der Waals surface area contributed by atoms with E-state index in [1.807, 2.05) is 0 Å². The van der Waals surface area contributed by atoms with Gasteiger partial charge in [0.1, 0.15) is 5.69 Å². The largest absolute Gasteiger partial charge is 0.383 e. The van der Waals surface area contributed by atoms with Gasteiger partial charge in [-0.25, -0.2) is 9.97 Å². The third-order valence-corrected chi connectivity index (χ3v) is 1.76. The van der Waals surface area contributed by atoms with Crippen molar-refractivity contribution >= 4 is 40.5 Å². The van der Waals surface area contributed by atoms with E-state index in [-0.39, 0.29) is 15.6 Å². The van der Waals surface area contributed by atoms with Crippen LogP contribution in [0.5, 0.6) is 0 Å². The molecule has 0 saturated carbocycles. The normalized spacial score (nSPS) is 9.82. The van der Waals surface area contributed by atoms with E-state index in [0.717, 1.165) is 0 Å². The minimum absolute atomic E-state index is 0.0407. The first-order valence-corrected chi connectivity index (χ1v) is 3.85. The first kappa shape index (κ1) is 8.84. The Hall–Kier alpha value is -0.250. The summed E-state index contributed by atoms with van der Waals surface area (Å²) < 4.78 is 0. The molecular formula is C5H4Cl3N3. The number of hydrogen-bond acceptors (Lipinski definition) is 3. The molecule has 0 fully saturated rings. The molecule has 0 aliphatic heterocycles. The van der Waals surface area contributed by atoms with Crippen LogP contribution in [0.1, 0.15) is 0 Å². The van der Waals surface area contributed by atoms with Gasteiger partial charge in [0.25, 0.3) is 0 Å². The highest BCUT2D eigenvalue weighted by molar-refractivity contribution is 6.38. The summed E-state index contributed by atoms with van der Waals surface area (Å²) in [4.78, 5) is 7.36. The summed E-state index contributed by atoms with van der Waals surface area (Å²) >= 11 is 16.8. The van der Waals surface area contributed by atoms with E-state index < -0.39 is 0 Å². The summed E-state index contributed by atoms with van der Waals surface area (Å²) in [6, 6.07) is 0. The zero-order chi connectivity index (χ0) is 8.43. The van der Waals surface area contributed by atoms with Crippen LogP contribution in [-0.4, -0.2) is 17.0 Å². The lowest BCUT2D eigenvalue weighted by molar-refractivity contribution is 1.16. The van der Waals surface area contributed by atoms with Gasteiger partial charge in [-0.15, -0.1) is 0 Å². The van der Waals surface area contributed by atoms with Gasteiger partial charge in [0.05, 0.1) is 0 Å². The lowest BCUT2D eigenvalue weighted by Crippen LogP contribution is -1.95. The van der Waals surface area contributed by atoms with E-state index in [4.69, 9.17) is 34.8 Å². The fourth-order valence-electron chi connectivity index (χ4n) is 0.590. The average molecular weight is 212 g/mol. The van der Waals surface area contributed by atoms with Gasteiger partial charge in [0, 0.05) is 7.05 Å². The first-order valence-electron chi connectivity index (χ1n) is 2.71. The molecule has 0 amide bonds. The second-order valence-corrected chi connectivity index (χ2v) is 2.75. The predicted octanol–water partition coefficient (Wildman–Crippen LogP) is 2.48. The number of halogens is 3. The van der Waals surface area contributed by atoms with Crippen molar-refractivity contribution in [2.24, 2.45) is 0 Å². The third-order valence-electron chi connectivity index (χ3n) is 1.04. The predicted molar refractivity (Wildman–Crippen MR) is 46.6 cm³/mol. The van der Waals surface area contributed by atoms with E-state index in [1.54, 1.807) is 7.05 Å². The van der Waals surface area contributed by atoms with E-state index in [2.05, 4.69) is 15.3 Å². The van der Waals surface area contributed by atoms with Crippen LogP contribution in [0.3, 0.4) is 0 Å². The van der Waals surface area contributed by atoms with Crippen LogP contribution in [0.25, 0.3) is 0 Å². The van der Waals surface area contributed by atoms with E-state index in [9.17, 15) is 0 Å². The maximum absolute atomic E-state index is 5.65. The molecule has 0 unspecified atom stereocenters. The Morgan fingerprint density at radius 1 is 1.09 bits per heavy atom. The number of rotatable bonds is 1. The van der Waals surface area contributed by atoms with Crippen molar-refractivity contribution in [3.63, 3.8) is 0 Å². The highest BCUT2D eigenvalue weighted by Gasteiger charge is 2.07. The molecule has 6 heteroatoms. The summed E-state index contributed by atoms with van der Waals surface area (Å²) in [5.74, 6) is 0. The van der Waals surface area contributed by atoms with Gasteiger partial charge in [-0.05, 0) is 11.6 Å². The molecule has 11 heavy (non-hydrogen) atoms. The molecule has 1 N–H and O–H groups in total. The maximum Gasteiger partial charge on any atom is 0.225 e. The molecule has 1 aromatic rings. The molecule has 0 radical (unpaired) electrons. The van der Waals surface area contributed by atoms with Crippen LogP contribution >= 0.6 is 34.8 Å². The third kappa shape index (κ3) is 1.86. The Bertz CT molecular complexity index is 253. The minimum atomic E-state index is 0.0407. The standard InChI is InChI=1S/C5H4Cl3N3/c1-9-2-3(6)10-5(8)11-4(2)7/h9H,1H3. The molecule has 60 valence electrons. The van der Waals surface area contributed by atoms with Crippen molar-refractivity contribution < 1.29 is 0 Å². The molecule has 0 bridgehead atoms. The van der Waals surface area contributed by atoms with Crippen molar-refractivity contribution in [2.75, 3.05) is 12.4 Å². The van der Waals surface area contributed by atoms with Crippen molar-refractivity contribution in [1.82, 2.24) is 9.97 Å². The van der Waals surface area contributed by atoms with Gasteiger partial charge in [-0.2, -0.15) is 0 Å². The summed E-state index contributed by atoms with van der Waals surface area (Å²) in [5, 5.41) is 3.22. The van der Waals surface area contributed by atoms with Gasteiger partial charge in [0.2, 0.25) is 5.28 Å². The molecule has 1 heterocycles. The molecule has 0 aromatic carbocycles. The molecular weight excluding hydrogens is 208 g/mol. The monoisotopic (exact) mass is 211 g/mol. The molecule has 0 atom stereocenters. The summed E-state index contributed by atoms with van der Waals surface area (Å²) in [5.41, 5.74) is 0.484. The van der Waals surface area contributed by atoms with Gasteiger partial charge >= 0.3 is 0 Å². The minimum Gasteiger partial charge on any atom is -0.383 e. The zero-order valence-corrected chi connectivity index (χ0v) is 7.80. The number of nitrogens with one attached hydrogen (secondary N) is 1. The van der Waals surface area contributed by atoms with E-state index in [1.165, 1.54) is 0 Å². The molecule has 1 aromatic heterocycles. The maximum atomic E-state index is 5.65. The van der Waals surface area contributed by atoms with Crippen LogP contribution in [-0.2, 0) is 0 Å². The second kappa shape index (κ2) is 3.43. The summed E-state index contributed by atoms with van der Waals surface area (Å²) in [7, 11) is 1.67. The van der Waals surface area contributed by atoms with Crippen LogP contribution < -0.4 is 5.32 Å². The lowest BCUT2D eigenvalue weighted by atomic mass is 10.5. The molecule has 3 nitrogen and oxygen atoms in total. The van der Waals surface area contributed by atoms with Crippen LogP contribution in [0, 0.1) is 0 Å². The SMILES string of the molecule is CNc1c(Cl)nc(Cl)nc1Cl. The fraction of sp³-hybridized carbons (Fsp3) is 0.200. The lowest BCUT2D eigenvalue weighted by Gasteiger charge is -2.03. The molecule has 0 aliphatic carbocycles. The van der Waals surface area contributed by atoms with Crippen molar-refractivity contribution in [2.45, 2.75) is 0 Å². The Morgan fingerprint density at radius 3 is 1.91 bits per heavy atom. The van der Waals surface area contributed by atoms with Crippen molar-refractivity contribution in [3.8, 4) is 0 Å². The Morgan fingerprint density at radius 2 is 1.55 bits per heavy atom. The van der Waals surface area contributed by atoms with E-state index >= 15 is 0 Å². The second-order valence-electron chi connectivity index (χ2n) is 1.70. The van der Waals surface area contributed by atoms with Gasteiger partial charge in [-0.1, -0.05) is 23.2 Å². The molecule has 1 rings (SSSR count).